The second-order valence-corrected chi connectivity index (χ2v) is 12.2. The van der Waals surface area contributed by atoms with E-state index in [0.717, 1.165) is 27.8 Å². The van der Waals surface area contributed by atoms with Crippen molar-refractivity contribution in [1.82, 2.24) is 15.3 Å². The maximum atomic E-state index is 13.1. The summed E-state index contributed by atoms with van der Waals surface area (Å²) in [5, 5.41) is 44.4. The molecule has 2 aromatic heterocycles. The highest BCUT2D eigenvalue weighted by Gasteiger charge is 2.18. The maximum absolute atomic E-state index is 13.1. The third-order valence-corrected chi connectivity index (χ3v) is 8.73. The zero-order valence-corrected chi connectivity index (χ0v) is 28.9. The van der Waals surface area contributed by atoms with Gasteiger partial charge in [0.15, 0.2) is 0 Å². The van der Waals surface area contributed by atoms with Crippen LogP contribution < -0.4 is 20.1 Å². The third-order valence-electron chi connectivity index (χ3n) is 8.43. The van der Waals surface area contributed by atoms with Gasteiger partial charge < -0.3 is 35.4 Å². The van der Waals surface area contributed by atoms with E-state index in [1.165, 1.54) is 12.4 Å². The Balaban J connectivity index is 1.37. The van der Waals surface area contributed by atoms with Crippen molar-refractivity contribution in [2.45, 2.75) is 46.3 Å². The fraction of sp³-hybridized carbons (Fsp3) is 0.231. The number of carbonyl (C=O) groups excluding carboxylic acids is 1. The summed E-state index contributed by atoms with van der Waals surface area (Å²) in [4.78, 5) is 21.3. The minimum atomic E-state index is -0.528. The van der Waals surface area contributed by atoms with E-state index in [9.17, 15) is 25.4 Å². The molecule has 0 atom stereocenters. The summed E-state index contributed by atoms with van der Waals surface area (Å²) in [6.07, 6.45) is 4.61. The van der Waals surface area contributed by atoms with Crippen LogP contribution in [0.25, 0.3) is 11.1 Å². The predicted octanol–water partition coefficient (Wildman–Crippen LogP) is 5.63. The molecule has 0 spiro atoms. The van der Waals surface area contributed by atoms with Gasteiger partial charge >= 0.3 is 0 Å². The number of hydrogen-bond donors (Lipinski definition) is 5. The zero-order chi connectivity index (χ0) is 36.3. The molecule has 11 nitrogen and oxygen atoms in total. The highest BCUT2D eigenvalue weighted by molar-refractivity contribution is 6.32. The number of aliphatic hydroxyl groups excluding tert-OH is 3. The molecule has 0 unspecified atom stereocenters. The summed E-state index contributed by atoms with van der Waals surface area (Å²) in [5.41, 5.74) is 7.69. The number of amides is 1. The molecule has 12 heteroatoms. The van der Waals surface area contributed by atoms with Gasteiger partial charge in [-0.05, 0) is 65.9 Å². The molecule has 5 rings (SSSR count). The molecule has 0 bridgehead atoms. The molecule has 5 aromatic rings. The van der Waals surface area contributed by atoms with Crippen molar-refractivity contribution in [3.63, 3.8) is 0 Å². The number of aromatic nitrogens is 2. The summed E-state index contributed by atoms with van der Waals surface area (Å²) in [6.45, 7) is 3.73. The molecular formula is C39H38ClN5O6. The fourth-order valence-electron chi connectivity index (χ4n) is 5.49. The Labute approximate surface area is 301 Å². The summed E-state index contributed by atoms with van der Waals surface area (Å²) in [5.74, 6) is 0.452. The van der Waals surface area contributed by atoms with E-state index in [0.29, 0.717) is 44.5 Å². The average Bonchev–Trinajstić information content (AvgIpc) is 3.15. The number of pyridine rings is 2. The largest absolute Gasteiger partial charge is 0.488 e. The Hall–Kier alpha value is -5.35. The monoisotopic (exact) mass is 707 g/mol. The predicted molar refractivity (Wildman–Crippen MR) is 193 cm³/mol. The van der Waals surface area contributed by atoms with Crippen LogP contribution in [0.1, 0.15) is 49.4 Å². The van der Waals surface area contributed by atoms with Gasteiger partial charge in [0, 0.05) is 53.6 Å². The van der Waals surface area contributed by atoms with Crippen LogP contribution in [0, 0.1) is 25.2 Å². The number of aliphatic hydroxyl groups is 3. The van der Waals surface area contributed by atoms with Crippen molar-refractivity contribution in [2.75, 3.05) is 18.5 Å². The van der Waals surface area contributed by atoms with Gasteiger partial charge in [-0.15, -0.1) is 0 Å². The minimum Gasteiger partial charge on any atom is -0.488 e. The number of anilines is 1. The van der Waals surface area contributed by atoms with E-state index in [2.05, 4.69) is 26.7 Å². The van der Waals surface area contributed by atoms with E-state index in [-0.39, 0.29) is 45.3 Å². The Bertz CT molecular complexity index is 2050. The first-order valence-corrected chi connectivity index (χ1v) is 16.6. The standard InChI is InChI=1S/C39H38ClN5O6/c1-24-29(6-3-8-32(24)33-9-4-10-35(25(33)2)45-39(49)38-28(19-46)7-5-11-43-38)23-51-37-14-36(50-22-27-12-26(15-41)16-42-17-27)30(13-34(37)40)18-44-31(20-47)21-48/h3-14,16-17,31,44,46-48H,18-23H2,1-2H3,(H,45,49). The number of nitrogens with zero attached hydrogens (tertiary/aromatic N) is 3. The number of benzene rings is 3. The van der Waals surface area contributed by atoms with Gasteiger partial charge in [0.1, 0.15) is 36.5 Å². The summed E-state index contributed by atoms with van der Waals surface area (Å²) >= 11 is 6.71. The van der Waals surface area contributed by atoms with Crippen LogP contribution >= 0.6 is 11.6 Å². The van der Waals surface area contributed by atoms with Crippen LogP contribution in [0.5, 0.6) is 11.5 Å². The van der Waals surface area contributed by atoms with Crippen LogP contribution in [-0.2, 0) is 26.4 Å². The summed E-state index contributed by atoms with van der Waals surface area (Å²) in [6, 6.07) is 21.6. The van der Waals surface area contributed by atoms with Crippen LogP contribution in [-0.4, -0.2) is 50.5 Å². The molecule has 0 aliphatic rings. The number of rotatable bonds is 15. The summed E-state index contributed by atoms with van der Waals surface area (Å²) in [7, 11) is 0. The van der Waals surface area contributed by atoms with Crippen LogP contribution in [0.2, 0.25) is 5.02 Å². The van der Waals surface area contributed by atoms with Gasteiger partial charge in [-0.1, -0.05) is 48.0 Å². The Morgan fingerprint density at radius 1 is 0.882 bits per heavy atom. The van der Waals surface area contributed by atoms with E-state index >= 15 is 0 Å². The SMILES string of the molecule is Cc1c(COc2cc(OCc3cncc(C#N)c3)c(CNC(CO)CO)cc2Cl)cccc1-c1cccc(NC(=O)c2ncccc2CO)c1C. The van der Waals surface area contributed by atoms with Gasteiger partial charge in [0.2, 0.25) is 0 Å². The molecule has 0 aliphatic heterocycles. The van der Waals surface area contributed by atoms with Crippen LogP contribution in [0.15, 0.2) is 85.3 Å². The lowest BCUT2D eigenvalue weighted by atomic mass is 9.93. The van der Waals surface area contributed by atoms with Crippen molar-refractivity contribution in [3.8, 4) is 28.7 Å². The zero-order valence-electron chi connectivity index (χ0n) is 28.2. The Morgan fingerprint density at radius 3 is 2.35 bits per heavy atom. The summed E-state index contributed by atoms with van der Waals surface area (Å²) < 4.78 is 12.4. The van der Waals surface area contributed by atoms with Gasteiger partial charge in [0.05, 0.1) is 36.4 Å². The van der Waals surface area contributed by atoms with Crippen molar-refractivity contribution in [1.29, 1.82) is 5.26 Å². The Morgan fingerprint density at radius 2 is 1.61 bits per heavy atom. The number of hydrogen-bond acceptors (Lipinski definition) is 10. The van der Waals surface area contributed by atoms with Crippen LogP contribution in [0.3, 0.4) is 0 Å². The molecule has 0 radical (unpaired) electrons. The number of nitrogens with one attached hydrogen (secondary N) is 2. The number of nitriles is 1. The minimum absolute atomic E-state index is 0.129. The quantitative estimate of drug-likeness (QED) is 0.0919. The average molecular weight is 708 g/mol. The fourth-order valence-corrected chi connectivity index (χ4v) is 5.73. The first-order valence-electron chi connectivity index (χ1n) is 16.2. The van der Waals surface area contributed by atoms with Gasteiger partial charge in [-0.2, -0.15) is 5.26 Å². The molecule has 262 valence electrons. The normalized spacial score (nSPS) is 10.9. The second kappa shape index (κ2) is 17.5. The number of carbonyl (C=O) groups is 1. The molecule has 2 heterocycles. The third kappa shape index (κ3) is 9.07. The number of halogens is 1. The highest BCUT2D eigenvalue weighted by Crippen LogP contribution is 2.36. The highest BCUT2D eigenvalue weighted by atomic mass is 35.5. The lowest BCUT2D eigenvalue weighted by Gasteiger charge is -2.19. The topological polar surface area (TPSA) is 170 Å². The lowest BCUT2D eigenvalue weighted by Crippen LogP contribution is -2.35. The van der Waals surface area contributed by atoms with Crippen molar-refractivity contribution < 1.29 is 29.6 Å². The molecule has 1 amide bonds. The van der Waals surface area contributed by atoms with E-state index in [1.54, 1.807) is 36.5 Å². The molecule has 0 aliphatic carbocycles. The molecule has 0 saturated carbocycles. The maximum Gasteiger partial charge on any atom is 0.274 e. The van der Waals surface area contributed by atoms with E-state index in [1.807, 2.05) is 50.2 Å². The van der Waals surface area contributed by atoms with Gasteiger partial charge in [0.25, 0.3) is 5.91 Å². The van der Waals surface area contributed by atoms with Gasteiger partial charge in [-0.3, -0.25) is 14.8 Å². The van der Waals surface area contributed by atoms with Crippen LogP contribution in [0.4, 0.5) is 5.69 Å². The molecule has 0 fully saturated rings. The van der Waals surface area contributed by atoms with E-state index < -0.39 is 11.9 Å². The van der Waals surface area contributed by atoms with E-state index in [4.69, 9.17) is 21.1 Å². The molecule has 5 N–H and O–H groups in total. The first-order chi connectivity index (χ1) is 24.8. The second-order valence-electron chi connectivity index (χ2n) is 11.8. The van der Waals surface area contributed by atoms with Crippen molar-refractivity contribution in [2.24, 2.45) is 0 Å². The van der Waals surface area contributed by atoms with Gasteiger partial charge in [-0.25, -0.2) is 0 Å². The molecule has 3 aromatic carbocycles. The van der Waals surface area contributed by atoms with Crippen molar-refractivity contribution in [3.05, 3.63) is 135 Å². The van der Waals surface area contributed by atoms with Crippen molar-refractivity contribution >= 4 is 23.2 Å². The molecular weight excluding hydrogens is 670 g/mol. The molecule has 0 saturated heterocycles. The molecule has 51 heavy (non-hydrogen) atoms. The Kier molecular flexibility index (Phi) is 12.7. The number of ether oxygens (including phenoxy) is 2. The first kappa shape index (κ1) is 36.9. The smallest absolute Gasteiger partial charge is 0.274 e. The lowest BCUT2D eigenvalue weighted by molar-refractivity contribution is 0.101.